The summed E-state index contributed by atoms with van der Waals surface area (Å²) in [5.41, 5.74) is 5.75. The van der Waals surface area contributed by atoms with Crippen molar-refractivity contribution >= 4 is 35.8 Å². The van der Waals surface area contributed by atoms with Crippen LogP contribution in [0.25, 0.3) is 0 Å². The molecule has 0 nitrogen and oxygen atoms in total. The molecule has 0 spiro atoms. The van der Waals surface area contributed by atoms with Crippen LogP contribution in [0.2, 0.25) is 0 Å². The third-order valence-corrected chi connectivity index (χ3v) is 3.80. The van der Waals surface area contributed by atoms with E-state index in [1.54, 1.807) is 0 Å². The molecule has 2 aromatic carbocycles. The van der Waals surface area contributed by atoms with Crippen molar-refractivity contribution in [3.8, 4) is 0 Å². The van der Waals surface area contributed by atoms with Gasteiger partial charge in [0.2, 0.25) is 0 Å². The van der Waals surface area contributed by atoms with Crippen LogP contribution in [0.1, 0.15) is 47.9 Å². The van der Waals surface area contributed by atoms with Gasteiger partial charge in [-0.05, 0) is 11.0 Å². The summed E-state index contributed by atoms with van der Waals surface area (Å²) < 4.78 is 0. The van der Waals surface area contributed by atoms with Gasteiger partial charge in [0.05, 0.1) is 0 Å². The second kappa shape index (κ2) is 18.7. The van der Waals surface area contributed by atoms with E-state index in [4.69, 9.17) is 0 Å². The largest absolute Gasteiger partial charge is 3.00 e. The Morgan fingerprint density at radius 1 is 0.957 bits per heavy atom. The molecular formula is C19H32Cl2SiZr. The van der Waals surface area contributed by atoms with E-state index in [0.29, 0.717) is 0 Å². The van der Waals surface area contributed by atoms with E-state index in [-0.39, 0.29) is 62.0 Å². The van der Waals surface area contributed by atoms with E-state index in [9.17, 15) is 0 Å². The quantitative estimate of drug-likeness (QED) is 0.369. The van der Waals surface area contributed by atoms with E-state index < -0.39 is 0 Å². The molecule has 1 aliphatic rings. The standard InChI is InChI=1S/C9H13.C5H9.C5H5.2ClH.H3Si.Zr/c1-6-5-7(2)9(4)8(6)3;2*1-2-4-5-3-1;;;;/h5H,1-4H3;1H,2-5H2;1-5H;2*1H;1H3;/q3*-1;;;;+3. The van der Waals surface area contributed by atoms with Crippen LogP contribution in [0.4, 0.5) is 0 Å². The Balaban J connectivity index is -0.000000114. The number of halogens is 2. The van der Waals surface area contributed by atoms with Crippen molar-refractivity contribution in [2.24, 2.45) is 0 Å². The zero-order valence-corrected chi connectivity index (χ0v) is 21.3. The zero-order chi connectivity index (χ0) is 14.1. The summed E-state index contributed by atoms with van der Waals surface area (Å²) in [5, 5.41) is 0. The third kappa shape index (κ3) is 13.4. The molecule has 130 valence electrons. The van der Waals surface area contributed by atoms with Gasteiger partial charge in [0.25, 0.3) is 0 Å². The summed E-state index contributed by atoms with van der Waals surface area (Å²) in [6.45, 7) is 8.68. The molecule has 2 aromatic rings. The van der Waals surface area contributed by atoms with Crippen molar-refractivity contribution in [1.82, 2.24) is 0 Å². The molecule has 1 aliphatic carbocycles. The molecule has 1 saturated carbocycles. The molecule has 23 heavy (non-hydrogen) atoms. The molecular weight excluding hydrogens is 418 g/mol. The summed E-state index contributed by atoms with van der Waals surface area (Å²) >= 11 is 0. The van der Waals surface area contributed by atoms with Crippen LogP contribution >= 0.6 is 24.8 Å². The summed E-state index contributed by atoms with van der Waals surface area (Å²) in [7, 11) is 0. The third-order valence-electron chi connectivity index (χ3n) is 3.80. The van der Waals surface area contributed by atoms with E-state index in [2.05, 4.69) is 40.2 Å². The summed E-state index contributed by atoms with van der Waals surface area (Å²) in [5.74, 6) is 0. The van der Waals surface area contributed by atoms with Gasteiger partial charge in [0, 0.05) is 0 Å². The van der Waals surface area contributed by atoms with E-state index in [0.717, 1.165) is 0 Å². The maximum absolute atomic E-state index is 2.36. The van der Waals surface area contributed by atoms with Crippen molar-refractivity contribution in [3.05, 3.63) is 65.1 Å². The molecule has 2 radical (unpaired) electrons. The van der Waals surface area contributed by atoms with Crippen molar-refractivity contribution in [1.29, 1.82) is 0 Å². The monoisotopic (exact) mass is 448 g/mol. The van der Waals surface area contributed by atoms with Gasteiger partial charge in [-0.25, -0.2) is 12.1 Å². The Labute approximate surface area is 179 Å². The van der Waals surface area contributed by atoms with Crippen LogP contribution in [0.5, 0.6) is 0 Å². The molecule has 1 fully saturated rings. The van der Waals surface area contributed by atoms with Crippen LogP contribution in [0.15, 0.2) is 36.4 Å². The van der Waals surface area contributed by atoms with Crippen LogP contribution in [0.3, 0.4) is 0 Å². The van der Waals surface area contributed by atoms with E-state index in [1.807, 2.05) is 30.3 Å². The summed E-state index contributed by atoms with van der Waals surface area (Å²) in [6, 6.07) is 12.2. The fourth-order valence-electron chi connectivity index (χ4n) is 2.18. The van der Waals surface area contributed by atoms with Crippen molar-refractivity contribution in [2.45, 2.75) is 53.4 Å². The molecule has 0 amide bonds. The topological polar surface area (TPSA) is 0 Å². The predicted molar refractivity (Wildman–Crippen MR) is 110 cm³/mol. The average Bonchev–Trinajstić information content (AvgIpc) is 3.14. The first kappa shape index (κ1) is 31.2. The van der Waals surface area contributed by atoms with Gasteiger partial charge >= 0.3 is 26.2 Å². The Kier molecular flexibility index (Phi) is 25.4. The second-order valence-corrected chi connectivity index (χ2v) is 5.30. The second-order valence-electron chi connectivity index (χ2n) is 5.30. The molecule has 0 heterocycles. The number of rotatable bonds is 0. The molecule has 0 bridgehead atoms. The minimum absolute atomic E-state index is 0. The molecule has 0 saturated heterocycles. The molecule has 4 heteroatoms. The minimum Gasteiger partial charge on any atom is -0.328 e. The van der Waals surface area contributed by atoms with E-state index in [1.165, 1.54) is 47.9 Å². The first-order valence-electron chi connectivity index (χ1n) is 7.31. The predicted octanol–water partition coefficient (Wildman–Crippen LogP) is 5.47. The van der Waals surface area contributed by atoms with Crippen molar-refractivity contribution < 1.29 is 26.2 Å². The molecule has 0 atom stereocenters. The molecule has 0 aromatic heterocycles. The first-order chi connectivity index (χ1) is 9.13. The fraction of sp³-hybridized carbons (Fsp3) is 0.421. The van der Waals surface area contributed by atoms with Gasteiger partial charge in [-0.2, -0.15) is 59.4 Å². The normalized spacial score (nSPS) is 11.0. The van der Waals surface area contributed by atoms with Gasteiger partial charge in [-0.1, -0.05) is 40.5 Å². The van der Waals surface area contributed by atoms with Crippen molar-refractivity contribution in [2.75, 3.05) is 0 Å². The molecule has 0 unspecified atom stereocenters. The van der Waals surface area contributed by atoms with Crippen LogP contribution in [0, 0.1) is 34.1 Å². The summed E-state index contributed by atoms with van der Waals surface area (Å²) in [6.07, 6.45) is 8.00. The summed E-state index contributed by atoms with van der Waals surface area (Å²) in [4.78, 5) is 0. The van der Waals surface area contributed by atoms with Crippen LogP contribution < -0.4 is 0 Å². The van der Waals surface area contributed by atoms with Gasteiger partial charge in [0.1, 0.15) is 0 Å². The maximum atomic E-state index is 2.36. The Hall–Kier alpha value is 0.380. The molecule has 0 N–H and O–H groups in total. The molecule has 3 rings (SSSR count). The van der Waals surface area contributed by atoms with Gasteiger partial charge in [-0.15, -0.1) is 24.8 Å². The number of aryl methyl sites for hydroxylation is 2. The number of hydrogen-bond donors (Lipinski definition) is 0. The average molecular weight is 451 g/mol. The zero-order valence-electron chi connectivity index (χ0n) is 15.2. The minimum atomic E-state index is 0. The molecule has 0 aliphatic heterocycles. The van der Waals surface area contributed by atoms with Gasteiger partial charge in [0.15, 0.2) is 0 Å². The van der Waals surface area contributed by atoms with Crippen LogP contribution in [-0.4, -0.2) is 11.0 Å². The Bertz CT molecular complexity index is 399. The SMILES string of the molecule is Cc1c[c-](C)c(C)c1C.Cl.Cl.[CH-]1CCCC1.[SiH3].[Zr+3].c1cc[cH-]c1. The Morgan fingerprint density at radius 3 is 1.57 bits per heavy atom. The fourth-order valence-corrected chi connectivity index (χ4v) is 2.18. The van der Waals surface area contributed by atoms with E-state index >= 15 is 0 Å². The Morgan fingerprint density at radius 2 is 1.43 bits per heavy atom. The number of hydrogen-bond acceptors (Lipinski definition) is 0. The van der Waals surface area contributed by atoms with Gasteiger partial charge in [-0.3, -0.25) is 0 Å². The van der Waals surface area contributed by atoms with Gasteiger partial charge < -0.3 is 6.42 Å². The maximum Gasteiger partial charge on any atom is 3.00 e. The smallest absolute Gasteiger partial charge is 0.328 e. The van der Waals surface area contributed by atoms with Crippen LogP contribution in [-0.2, 0) is 26.2 Å². The first-order valence-corrected chi connectivity index (χ1v) is 7.31. The van der Waals surface area contributed by atoms with Crippen molar-refractivity contribution in [3.63, 3.8) is 0 Å².